The Morgan fingerprint density at radius 3 is 2.81 bits per heavy atom. The summed E-state index contributed by atoms with van der Waals surface area (Å²) in [6, 6.07) is 4.36. The lowest BCUT2D eigenvalue weighted by atomic mass is 10.3. The van der Waals surface area contributed by atoms with E-state index < -0.39 is 0 Å². The predicted molar refractivity (Wildman–Crippen MR) is 63.3 cm³/mol. The summed E-state index contributed by atoms with van der Waals surface area (Å²) in [5.74, 6) is -0.304. The van der Waals surface area contributed by atoms with E-state index in [1.807, 2.05) is 6.92 Å². The largest absolute Gasteiger partial charge is 0.219 e. The monoisotopic (exact) mass is 303 g/mol. The lowest BCUT2D eigenvalue weighted by molar-refractivity contribution is 0.625. The van der Waals surface area contributed by atoms with E-state index in [1.165, 1.54) is 12.1 Å². The van der Waals surface area contributed by atoms with E-state index in [0.29, 0.717) is 10.2 Å². The molecule has 84 valence electrons. The fourth-order valence-corrected chi connectivity index (χ4v) is 1.88. The van der Waals surface area contributed by atoms with Crippen LogP contribution in [-0.4, -0.2) is 15.0 Å². The van der Waals surface area contributed by atoms with Crippen LogP contribution >= 0.6 is 27.5 Å². The van der Waals surface area contributed by atoms with Crippen LogP contribution in [0.1, 0.15) is 18.0 Å². The van der Waals surface area contributed by atoms with Crippen molar-refractivity contribution in [2.45, 2.75) is 12.3 Å². The molecule has 3 nitrogen and oxygen atoms in total. The van der Waals surface area contributed by atoms with Gasteiger partial charge in [-0.25, -0.2) is 9.07 Å². The number of hydrogen-bond acceptors (Lipinski definition) is 2. The highest BCUT2D eigenvalue weighted by atomic mass is 79.9. The minimum Gasteiger partial charge on any atom is -0.219 e. The van der Waals surface area contributed by atoms with E-state index in [9.17, 15) is 4.39 Å². The number of nitrogens with zero attached hydrogens (tertiary/aromatic N) is 3. The normalized spacial score (nSPS) is 12.8. The van der Waals surface area contributed by atoms with Gasteiger partial charge in [0.15, 0.2) is 0 Å². The van der Waals surface area contributed by atoms with E-state index in [-0.39, 0.29) is 11.2 Å². The Balaban J connectivity index is 2.42. The molecular weight excluding hydrogens is 296 g/mol. The van der Waals surface area contributed by atoms with Gasteiger partial charge in [0.05, 0.1) is 17.3 Å². The lowest BCUT2D eigenvalue weighted by Gasteiger charge is -2.02. The van der Waals surface area contributed by atoms with Crippen LogP contribution in [0.4, 0.5) is 4.39 Å². The van der Waals surface area contributed by atoms with Crippen molar-refractivity contribution >= 4 is 27.5 Å². The van der Waals surface area contributed by atoms with E-state index in [0.717, 1.165) is 5.69 Å². The van der Waals surface area contributed by atoms with Gasteiger partial charge in [0, 0.05) is 4.47 Å². The summed E-state index contributed by atoms with van der Waals surface area (Å²) >= 11 is 9.15. The summed E-state index contributed by atoms with van der Waals surface area (Å²) in [6.07, 6.45) is 1.72. The van der Waals surface area contributed by atoms with Gasteiger partial charge in [0.2, 0.25) is 0 Å². The highest BCUT2D eigenvalue weighted by molar-refractivity contribution is 9.10. The standard InChI is InChI=1S/C10H8BrClFN3/c1-6(12)9-5-16(15-14-9)10-3-2-7(13)4-8(10)11/h2-6H,1H3. The van der Waals surface area contributed by atoms with E-state index in [1.54, 1.807) is 16.9 Å². The summed E-state index contributed by atoms with van der Waals surface area (Å²) < 4.78 is 15.1. The van der Waals surface area contributed by atoms with Gasteiger partial charge in [0.25, 0.3) is 0 Å². The number of benzene rings is 1. The predicted octanol–water partition coefficient (Wildman–Crippen LogP) is 3.47. The van der Waals surface area contributed by atoms with Crippen molar-refractivity contribution in [2.24, 2.45) is 0 Å². The molecule has 0 aliphatic carbocycles. The van der Waals surface area contributed by atoms with E-state index in [2.05, 4.69) is 26.2 Å². The Morgan fingerprint density at radius 2 is 2.25 bits per heavy atom. The molecule has 2 aromatic rings. The third-order valence-corrected chi connectivity index (χ3v) is 2.93. The molecule has 16 heavy (non-hydrogen) atoms. The van der Waals surface area contributed by atoms with Gasteiger partial charge in [-0.3, -0.25) is 0 Å². The topological polar surface area (TPSA) is 30.7 Å². The van der Waals surface area contributed by atoms with Crippen molar-refractivity contribution in [1.82, 2.24) is 15.0 Å². The Labute approximate surface area is 105 Å². The van der Waals surface area contributed by atoms with Gasteiger partial charge in [-0.15, -0.1) is 16.7 Å². The Kier molecular flexibility index (Phi) is 3.25. The average Bonchev–Trinajstić information content (AvgIpc) is 2.66. The first-order valence-electron chi connectivity index (χ1n) is 4.59. The average molecular weight is 305 g/mol. The maximum Gasteiger partial charge on any atom is 0.124 e. The molecule has 2 rings (SSSR count). The number of alkyl halides is 1. The minimum atomic E-state index is -0.304. The van der Waals surface area contributed by atoms with E-state index >= 15 is 0 Å². The number of hydrogen-bond donors (Lipinski definition) is 0. The molecule has 1 unspecified atom stereocenters. The number of aromatic nitrogens is 3. The molecular formula is C10H8BrClFN3. The zero-order valence-corrected chi connectivity index (χ0v) is 10.7. The van der Waals surface area contributed by atoms with Crippen molar-refractivity contribution in [2.75, 3.05) is 0 Å². The van der Waals surface area contributed by atoms with Crippen molar-refractivity contribution in [3.8, 4) is 5.69 Å². The maximum atomic E-state index is 12.9. The molecule has 0 saturated carbocycles. The van der Waals surface area contributed by atoms with Crippen LogP contribution < -0.4 is 0 Å². The summed E-state index contributed by atoms with van der Waals surface area (Å²) in [7, 11) is 0. The quantitative estimate of drug-likeness (QED) is 0.795. The van der Waals surface area contributed by atoms with Crippen molar-refractivity contribution in [1.29, 1.82) is 0 Å². The maximum absolute atomic E-state index is 12.9. The van der Waals surface area contributed by atoms with Crippen LogP contribution in [0.3, 0.4) is 0 Å². The second kappa shape index (κ2) is 4.51. The van der Waals surface area contributed by atoms with Gasteiger partial charge in [-0.1, -0.05) is 5.21 Å². The van der Waals surface area contributed by atoms with Crippen LogP contribution in [0, 0.1) is 5.82 Å². The molecule has 0 bridgehead atoms. The summed E-state index contributed by atoms with van der Waals surface area (Å²) in [5.41, 5.74) is 1.40. The molecule has 0 aliphatic rings. The van der Waals surface area contributed by atoms with Crippen LogP contribution in [0.5, 0.6) is 0 Å². The fourth-order valence-electron chi connectivity index (χ4n) is 1.24. The summed E-state index contributed by atoms with van der Waals surface area (Å²) in [5, 5.41) is 7.65. The Hall–Kier alpha value is -0.940. The third-order valence-electron chi connectivity index (χ3n) is 2.08. The lowest BCUT2D eigenvalue weighted by Crippen LogP contribution is -1.96. The number of halogens is 3. The fraction of sp³-hybridized carbons (Fsp3) is 0.200. The second-order valence-electron chi connectivity index (χ2n) is 3.30. The van der Waals surface area contributed by atoms with Crippen LogP contribution in [0.15, 0.2) is 28.9 Å². The van der Waals surface area contributed by atoms with E-state index in [4.69, 9.17) is 11.6 Å². The molecule has 0 fully saturated rings. The molecule has 0 amide bonds. The van der Waals surface area contributed by atoms with Gasteiger partial charge in [0.1, 0.15) is 11.5 Å². The zero-order valence-electron chi connectivity index (χ0n) is 8.36. The van der Waals surface area contributed by atoms with Gasteiger partial charge in [-0.2, -0.15) is 0 Å². The van der Waals surface area contributed by atoms with Crippen LogP contribution in [-0.2, 0) is 0 Å². The van der Waals surface area contributed by atoms with Gasteiger partial charge in [-0.05, 0) is 41.1 Å². The zero-order chi connectivity index (χ0) is 11.7. The number of rotatable bonds is 2. The molecule has 0 saturated heterocycles. The highest BCUT2D eigenvalue weighted by Gasteiger charge is 2.10. The first-order valence-corrected chi connectivity index (χ1v) is 5.82. The molecule has 6 heteroatoms. The molecule has 1 atom stereocenters. The van der Waals surface area contributed by atoms with Crippen LogP contribution in [0.25, 0.3) is 5.69 Å². The van der Waals surface area contributed by atoms with Gasteiger partial charge >= 0.3 is 0 Å². The SMILES string of the molecule is CC(Cl)c1cn(-c2ccc(F)cc2Br)nn1. The molecule has 0 spiro atoms. The van der Waals surface area contributed by atoms with Crippen molar-refractivity contribution in [3.05, 3.63) is 40.4 Å². The van der Waals surface area contributed by atoms with Crippen LogP contribution in [0.2, 0.25) is 0 Å². The molecule has 0 aliphatic heterocycles. The first kappa shape index (κ1) is 11.5. The molecule has 0 N–H and O–H groups in total. The highest BCUT2D eigenvalue weighted by Crippen LogP contribution is 2.23. The molecule has 1 aromatic carbocycles. The molecule has 1 heterocycles. The Morgan fingerprint density at radius 1 is 1.50 bits per heavy atom. The van der Waals surface area contributed by atoms with Crippen molar-refractivity contribution in [3.63, 3.8) is 0 Å². The second-order valence-corrected chi connectivity index (χ2v) is 4.81. The summed E-state index contributed by atoms with van der Waals surface area (Å²) in [6.45, 7) is 1.82. The first-order chi connectivity index (χ1) is 7.58. The smallest absolute Gasteiger partial charge is 0.124 e. The Bertz CT molecular complexity index is 513. The third kappa shape index (κ3) is 2.25. The minimum absolute atomic E-state index is 0.201. The summed E-state index contributed by atoms with van der Waals surface area (Å²) in [4.78, 5) is 0. The molecule has 0 radical (unpaired) electrons. The van der Waals surface area contributed by atoms with Crippen molar-refractivity contribution < 1.29 is 4.39 Å². The van der Waals surface area contributed by atoms with Gasteiger partial charge < -0.3 is 0 Å². The molecule has 1 aromatic heterocycles.